The van der Waals surface area contributed by atoms with Crippen LogP contribution in [0.15, 0.2) is 18.5 Å². The zero-order valence-electron chi connectivity index (χ0n) is 8.38. The van der Waals surface area contributed by atoms with E-state index in [-0.39, 0.29) is 5.15 Å². The molecule has 0 radical (unpaired) electrons. The highest BCUT2D eigenvalue weighted by molar-refractivity contribution is 6.30. The molecular formula is C9H9ClN4O2. The zero-order valence-corrected chi connectivity index (χ0v) is 9.14. The molecule has 0 aromatic carbocycles. The van der Waals surface area contributed by atoms with Crippen molar-refractivity contribution in [2.24, 2.45) is 0 Å². The van der Waals surface area contributed by atoms with Gasteiger partial charge in [0.15, 0.2) is 10.8 Å². The van der Waals surface area contributed by atoms with Crippen molar-refractivity contribution in [3.8, 4) is 0 Å². The second kappa shape index (κ2) is 3.97. The number of hydrogen-bond donors (Lipinski definition) is 2. The predicted molar refractivity (Wildman–Crippen MR) is 57.6 cm³/mol. The molecule has 0 saturated heterocycles. The Balaban J connectivity index is 2.42. The normalized spacial score (nSPS) is 12.6. The Kier molecular flexibility index (Phi) is 2.66. The van der Waals surface area contributed by atoms with E-state index in [2.05, 4.69) is 15.4 Å². The summed E-state index contributed by atoms with van der Waals surface area (Å²) in [6.07, 6.45) is 2.16. The molecule has 1 unspecified atom stereocenters. The third kappa shape index (κ3) is 1.92. The number of amides is 1. The Morgan fingerprint density at radius 1 is 1.69 bits per heavy atom. The van der Waals surface area contributed by atoms with Crippen molar-refractivity contribution >= 4 is 23.3 Å². The van der Waals surface area contributed by atoms with Crippen LogP contribution in [0.2, 0.25) is 5.15 Å². The highest BCUT2D eigenvalue weighted by Gasteiger charge is 2.14. The Morgan fingerprint density at radius 3 is 3.12 bits per heavy atom. The van der Waals surface area contributed by atoms with E-state index in [1.165, 1.54) is 4.52 Å². The second-order valence-electron chi connectivity index (χ2n) is 3.29. The molecule has 0 aliphatic rings. The molecule has 0 saturated carbocycles. The van der Waals surface area contributed by atoms with E-state index in [0.29, 0.717) is 11.2 Å². The number of hydrogen-bond acceptors (Lipinski definition) is 3. The van der Waals surface area contributed by atoms with Gasteiger partial charge < -0.3 is 10.4 Å². The molecule has 0 aliphatic heterocycles. The molecule has 1 amide bonds. The van der Waals surface area contributed by atoms with Gasteiger partial charge in [-0.1, -0.05) is 11.6 Å². The maximum absolute atomic E-state index is 10.5. The molecule has 2 aromatic heterocycles. The van der Waals surface area contributed by atoms with Gasteiger partial charge in [-0.3, -0.25) is 0 Å². The number of rotatable bonds is 2. The van der Waals surface area contributed by atoms with Crippen LogP contribution in [0.1, 0.15) is 18.5 Å². The van der Waals surface area contributed by atoms with Crippen molar-refractivity contribution in [1.29, 1.82) is 0 Å². The first kappa shape index (κ1) is 10.7. The lowest BCUT2D eigenvalue weighted by Crippen LogP contribution is -2.25. The van der Waals surface area contributed by atoms with Crippen LogP contribution in [0, 0.1) is 0 Å². The standard InChI is InChI=1S/C9H9ClN4O2/c1-5(12-9(15)16)6-4-7-11-2-3-14(7)13-8(6)10/h2-5,12H,1H3,(H,15,16). The van der Waals surface area contributed by atoms with E-state index in [9.17, 15) is 4.79 Å². The maximum Gasteiger partial charge on any atom is 0.405 e. The van der Waals surface area contributed by atoms with Crippen molar-refractivity contribution in [3.63, 3.8) is 0 Å². The molecule has 0 spiro atoms. The van der Waals surface area contributed by atoms with Gasteiger partial charge in [0, 0.05) is 18.0 Å². The molecular weight excluding hydrogens is 232 g/mol. The molecule has 2 N–H and O–H groups in total. The first-order chi connectivity index (χ1) is 7.58. The number of carboxylic acid groups (broad SMARTS) is 1. The monoisotopic (exact) mass is 240 g/mol. The van der Waals surface area contributed by atoms with Gasteiger partial charge in [-0.05, 0) is 13.0 Å². The van der Waals surface area contributed by atoms with E-state index < -0.39 is 12.1 Å². The van der Waals surface area contributed by atoms with Crippen molar-refractivity contribution in [3.05, 3.63) is 29.2 Å². The van der Waals surface area contributed by atoms with Crippen LogP contribution in [0.3, 0.4) is 0 Å². The summed E-state index contributed by atoms with van der Waals surface area (Å²) in [5.41, 5.74) is 1.22. The molecule has 1 atom stereocenters. The summed E-state index contributed by atoms with van der Waals surface area (Å²) in [6, 6.07) is 1.27. The summed E-state index contributed by atoms with van der Waals surface area (Å²) in [7, 11) is 0. The van der Waals surface area contributed by atoms with Crippen LogP contribution >= 0.6 is 11.6 Å². The molecule has 2 rings (SSSR count). The van der Waals surface area contributed by atoms with E-state index >= 15 is 0 Å². The fourth-order valence-corrected chi connectivity index (χ4v) is 1.71. The van der Waals surface area contributed by atoms with Gasteiger partial charge >= 0.3 is 6.09 Å². The summed E-state index contributed by atoms with van der Waals surface area (Å²) in [5, 5.41) is 15.2. The molecule has 0 aliphatic carbocycles. The second-order valence-corrected chi connectivity index (χ2v) is 3.65. The van der Waals surface area contributed by atoms with E-state index in [1.807, 2.05) is 0 Å². The topological polar surface area (TPSA) is 79.5 Å². The van der Waals surface area contributed by atoms with Crippen LogP contribution in [0.5, 0.6) is 0 Å². The van der Waals surface area contributed by atoms with Gasteiger partial charge in [0.1, 0.15) is 0 Å². The minimum atomic E-state index is -1.10. The summed E-state index contributed by atoms with van der Waals surface area (Å²) in [4.78, 5) is 14.6. The van der Waals surface area contributed by atoms with Gasteiger partial charge in [-0.2, -0.15) is 5.10 Å². The molecule has 6 nitrogen and oxygen atoms in total. The van der Waals surface area contributed by atoms with Crippen LogP contribution in [0.25, 0.3) is 5.65 Å². The van der Waals surface area contributed by atoms with Gasteiger partial charge in [-0.25, -0.2) is 14.3 Å². The molecule has 2 aromatic rings. The van der Waals surface area contributed by atoms with Gasteiger partial charge in [0.2, 0.25) is 0 Å². The number of carbonyl (C=O) groups is 1. The van der Waals surface area contributed by atoms with Crippen LogP contribution in [0.4, 0.5) is 4.79 Å². The largest absolute Gasteiger partial charge is 0.465 e. The molecule has 7 heteroatoms. The first-order valence-electron chi connectivity index (χ1n) is 4.57. The van der Waals surface area contributed by atoms with Gasteiger partial charge in [0.25, 0.3) is 0 Å². The first-order valence-corrected chi connectivity index (χ1v) is 4.95. The lowest BCUT2D eigenvalue weighted by Gasteiger charge is -2.12. The molecule has 0 bridgehead atoms. The minimum absolute atomic E-state index is 0.256. The average molecular weight is 241 g/mol. The summed E-state index contributed by atoms with van der Waals surface area (Å²) in [5.74, 6) is 0. The van der Waals surface area contributed by atoms with Gasteiger partial charge in [-0.15, -0.1) is 0 Å². The van der Waals surface area contributed by atoms with E-state index in [1.54, 1.807) is 25.4 Å². The Bertz CT molecular complexity index is 539. The number of nitrogens with one attached hydrogen (secondary N) is 1. The maximum atomic E-state index is 10.5. The molecule has 2 heterocycles. The Labute approximate surface area is 95.9 Å². The van der Waals surface area contributed by atoms with Crippen molar-refractivity contribution in [1.82, 2.24) is 19.9 Å². The van der Waals surface area contributed by atoms with E-state index in [0.717, 1.165) is 0 Å². The zero-order chi connectivity index (χ0) is 11.7. The fourth-order valence-electron chi connectivity index (χ4n) is 1.41. The Hall–Kier alpha value is -1.82. The van der Waals surface area contributed by atoms with Crippen molar-refractivity contribution in [2.75, 3.05) is 0 Å². The molecule has 16 heavy (non-hydrogen) atoms. The SMILES string of the molecule is CC(NC(=O)O)c1cc2nccn2nc1Cl. The van der Waals surface area contributed by atoms with Crippen LogP contribution in [-0.4, -0.2) is 25.8 Å². The quantitative estimate of drug-likeness (QED) is 0.838. The highest BCUT2D eigenvalue weighted by Crippen LogP contribution is 2.21. The molecule has 0 fully saturated rings. The summed E-state index contributed by atoms with van der Waals surface area (Å²) in [6.45, 7) is 1.69. The summed E-state index contributed by atoms with van der Waals surface area (Å²) >= 11 is 5.95. The van der Waals surface area contributed by atoms with Crippen LogP contribution in [-0.2, 0) is 0 Å². The lowest BCUT2D eigenvalue weighted by atomic mass is 10.1. The smallest absolute Gasteiger partial charge is 0.405 e. The molecule has 84 valence electrons. The number of fused-ring (bicyclic) bond motifs is 1. The third-order valence-corrected chi connectivity index (χ3v) is 2.47. The number of imidazole rings is 1. The van der Waals surface area contributed by atoms with Gasteiger partial charge in [0.05, 0.1) is 6.04 Å². The predicted octanol–water partition coefficient (Wildman–Crippen LogP) is 1.71. The van der Waals surface area contributed by atoms with E-state index in [4.69, 9.17) is 16.7 Å². The Morgan fingerprint density at radius 2 is 2.44 bits per heavy atom. The highest BCUT2D eigenvalue weighted by atomic mass is 35.5. The number of aromatic nitrogens is 3. The summed E-state index contributed by atoms with van der Waals surface area (Å²) < 4.78 is 1.53. The number of nitrogens with zero attached hydrogens (tertiary/aromatic N) is 3. The fraction of sp³-hybridized carbons (Fsp3) is 0.222. The third-order valence-electron chi connectivity index (χ3n) is 2.17. The van der Waals surface area contributed by atoms with Crippen molar-refractivity contribution < 1.29 is 9.90 Å². The average Bonchev–Trinajstić information content (AvgIpc) is 2.61. The minimum Gasteiger partial charge on any atom is -0.465 e. The lowest BCUT2D eigenvalue weighted by molar-refractivity contribution is 0.191. The van der Waals surface area contributed by atoms with Crippen molar-refractivity contribution in [2.45, 2.75) is 13.0 Å². The van der Waals surface area contributed by atoms with Crippen LogP contribution < -0.4 is 5.32 Å². The number of halogens is 1.